The Labute approximate surface area is 187 Å². The van der Waals surface area contributed by atoms with Crippen LogP contribution in [-0.4, -0.2) is 53.3 Å². The third kappa shape index (κ3) is 4.26. The summed E-state index contributed by atoms with van der Waals surface area (Å²) in [5.74, 6) is -0.235. The molecular formula is C24H29FN4O3. The van der Waals surface area contributed by atoms with E-state index in [1.807, 2.05) is 6.07 Å². The zero-order valence-electron chi connectivity index (χ0n) is 18.3. The highest BCUT2D eigenvalue weighted by molar-refractivity contribution is 5.97. The maximum absolute atomic E-state index is 13.6. The minimum atomic E-state index is -1.14. The molecule has 0 aromatic heterocycles. The summed E-state index contributed by atoms with van der Waals surface area (Å²) in [6.07, 6.45) is 3.55. The van der Waals surface area contributed by atoms with E-state index in [1.54, 1.807) is 24.3 Å². The van der Waals surface area contributed by atoms with Crippen molar-refractivity contribution >= 4 is 23.3 Å². The fourth-order valence-corrected chi connectivity index (χ4v) is 5.39. The van der Waals surface area contributed by atoms with Crippen LogP contribution >= 0.6 is 0 Å². The van der Waals surface area contributed by atoms with Gasteiger partial charge in [-0.1, -0.05) is 0 Å². The van der Waals surface area contributed by atoms with Crippen LogP contribution in [0.15, 0.2) is 24.3 Å². The Morgan fingerprint density at radius 1 is 1.12 bits per heavy atom. The molecule has 4 aliphatic rings. The fourth-order valence-electron chi connectivity index (χ4n) is 5.39. The number of Topliss-reactive ketones (excluding diaryl/α,β-unsaturated/α-hetero) is 1. The van der Waals surface area contributed by atoms with Gasteiger partial charge in [-0.05, 0) is 69.7 Å². The molecule has 5 rings (SSSR count). The molecule has 2 atom stereocenters. The van der Waals surface area contributed by atoms with Crippen LogP contribution in [0.3, 0.4) is 0 Å². The molecule has 7 nitrogen and oxygen atoms in total. The Hall–Kier alpha value is -2.79. The van der Waals surface area contributed by atoms with E-state index in [-0.39, 0.29) is 42.6 Å². The van der Waals surface area contributed by atoms with Gasteiger partial charge in [-0.15, -0.1) is 0 Å². The number of rotatable bonds is 6. The van der Waals surface area contributed by atoms with Gasteiger partial charge in [0.2, 0.25) is 11.8 Å². The second-order valence-corrected chi connectivity index (χ2v) is 9.53. The average Bonchev–Trinajstić information content (AvgIpc) is 3.20. The molecule has 1 heterocycles. The number of ketones is 1. The van der Waals surface area contributed by atoms with Gasteiger partial charge >= 0.3 is 0 Å². The molecule has 2 unspecified atom stereocenters. The van der Waals surface area contributed by atoms with Crippen LogP contribution < -0.4 is 10.6 Å². The first-order chi connectivity index (χ1) is 15.3. The lowest BCUT2D eigenvalue weighted by atomic mass is 9.57. The first-order valence-corrected chi connectivity index (χ1v) is 11.3. The minimum Gasteiger partial charge on any atom is -0.326 e. The van der Waals surface area contributed by atoms with Gasteiger partial charge in [-0.3, -0.25) is 14.4 Å². The summed E-state index contributed by atoms with van der Waals surface area (Å²) >= 11 is 0. The first-order valence-electron chi connectivity index (χ1n) is 11.3. The highest BCUT2D eigenvalue weighted by Crippen LogP contribution is 2.52. The second-order valence-electron chi connectivity index (χ2n) is 9.53. The Morgan fingerprint density at radius 3 is 2.31 bits per heavy atom. The van der Waals surface area contributed by atoms with Crippen molar-refractivity contribution in [3.05, 3.63) is 29.8 Å². The number of fused-ring (bicyclic) bond motifs is 3. The molecule has 2 amide bonds. The predicted molar refractivity (Wildman–Crippen MR) is 117 cm³/mol. The summed E-state index contributed by atoms with van der Waals surface area (Å²) in [6, 6.07) is 8.27. The number of carbonyl (C=O) groups excluding carboxylic acids is 3. The smallest absolute Gasteiger partial charge is 0.237 e. The molecule has 1 aromatic carbocycles. The summed E-state index contributed by atoms with van der Waals surface area (Å²) < 4.78 is 13.6. The molecule has 0 radical (unpaired) electrons. The largest absolute Gasteiger partial charge is 0.326 e. The van der Waals surface area contributed by atoms with Crippen LogP contribution in [0.25, 0.3) is 0 Å². The number of hydrogen-bond donors (Lipinski definition) is 2. The van der Waals surface area contributed by atoms with Gasteiger partial charge in [0, 0.05) is 28.6 Å². The molecule has 170 valence electrons. The first kappa shape index (κ1) is 22.4. The van der Waals surface area contributed by atoms with Gasteiger partial charge in [0.25, 0.3) is 0 Å². The van der Waals surface area contributed by atoms with Crippen LogP contribution in [-0.2, 0) is 9.59 Å². The van der Waals surface area contributed by atoms with Gasteiger partial charge in [-0.2, -0.15) is 5.26 Å². The Morgan fingerprint density at radius 2 is 1.75 bits per heavy atom. The lowest BCUT2D eigenvalue weighted by Gasteiger charge is -2.52. The van der Waals surface area contributed by atoms with Gasteiger partial charge in [0.15, 0.2) is 5.78 Å². The van der Waals surface area contributed by atoms with E-state index in [0.717, 1.165) is 38.5 Å². The van der Waals surface area contributed by atoms with Crippen LogP contribution in [0.1, 0.15) is 62.2 Å². The molecule has 1 aliphatic heterocycles. The summed E-state index contributed by atoms with van der Waals surface area (Å²) in [6.45, 7) is 1.59. The molecule has 8 heteroatoms. The van der Waals surface area contributed by atoms with Crippen LogP contribution in [0, 0.1) is 16.7 Å². The molecule has 1 aromatic rings. The second kappa shape index (κ2) is 8.62. The Balaban J connectivity index is 1.32. The van der Waals surface area contributed by atoms with Crippen molar-refractivity contribution in [1.82, 2.24) is 10.2 Å². The minimum absolute atomic E-state index is 0.0115. The van der Waals surface area contributed by atoms with Crippen molar-refractivity contribution in [3.63, 3.8) is 0 Å². The molecule has 4 fully saturated rings. The van der Waals surface area contributed by atoms with E-state index < -0.39 is 17.6 Å². The summed E-state index contributed by atoms with van der Waals surface area (Å²) in [4.78, 5) is 38.4. The number of nitrogens with zero attached hydrogens (tertiary/aromatic N) is 2. The third-order valence-corrected chi connectivity index (χ3v) is 7.61. The van der Waals surface area contributed by atoms with Gasteiger partial charge < -0.3 is 15.5 Å². The summed E-state index contributed by atoms with van der Waals surface area (Å²) in [5, 5.41) is 15.6. The molecule has 3 saturated carbocycles. The molecule has 2 bridgehead atoms. The Bertz CT molecular complexity index is 930. The van der Waals surface area contributed by atoms with Crippen molar-refractivity contribution in [3.8, 4) is 6.07 Å². The van der Waals surface area contributed by atoms with Crippen LogP contribution in [0.5, 0.6) is 0 Å². The van der Waals surface area contributed by atoms with Crippen molar-refractivity contribution in [2.24, 2.45) is 5.41 Å². The number of halogens is 1. The molecule has 3 aliphatic carbocycles. The number of amides is 2. The summed E-state index contributed by atoms with van der Waals surface area (Å²) in [5.41, 5.74) is 0.704. The number of likely N-dealkylation sites (tertiary alicyclic amines) is 1. The number of alkyl halides is 1. The lowest BCUT2D eigenvalue weighted by molar-refractivity contribution is -0.135. The average molecular weight is 441 g/mol. The monoisotopic (exact) mass is 440 g/mol. The van der Waals surface area contributed by atoms with Crippen LogP contribution in [0.4, 0.5) is 10.1 Å². The van der Waals surface area contributed by atoms with E-state index >= 15 is 0 Å². The van der Waals surface area contributed by atoms with Crippen molar-refractivity contribution < 1.29 is 18.8 Å². The third-order valence-electron chi connectivity index (χ3n) is 7.61. The van der Waals surface area contributed by atoms with E-state index in [2.05, 4.69) is 10.6 Å². The van der Waals surface area contributed by atoms with Crippen LogP contribution in [0.2, 0.25) is 0 Å². The van der Waals surface area contributed by atoms with Crippen molar-refractivity contribution in [2.45, 2.75) is 69.6 Å². The highest BCUT2D eigenvalue weighted by atomic mass is 19.1. The normalized spacial score (nSPS) is 31.2. The van der Waals surface area contributed by atoms with Gasteiger partial charge in [0.1, 0.15) is 12.2 Å². The fraction of sp³-hybridized carbons (Fsp3) is 0.583. The SMILES string of the molecule is CC(=O)c1ccc(NC(=O)C23CCC(NCC(=O)N4CC(F)CC4C#N)(CC2)CC3)cc1. The zero-order chi connectivity index (χ0) is 22.9. The van der Waals surface area contributed by atoms with Crippen molar-refractivity contribution in [2.75, 3.05) is 18.4 Å². The van der Waals surface area contributed by atoms with E-state index in [1.165, 1.54) is 11.8 Å². The van der Waals surface area contributed by atoms with E-state index in [0.29, 0.717) is 11.3 Å². The van der Waals surface area contributed by atoms with Gasteiger partial charge in [0.05, 0.1) is 19.2 Å². The zero-order valence-corrected chi connectivity index (χ0v) is 18.3. The quantitative estimate of drug-likeness (QED) is 0.662. The lowest BCUT2D eigenvalue weighted by Crippen LogP contribution is -2.59. The number of carbonyl (C=O) groups is 3. The van der Waals surface area contributed by atoms with E-state index in [4.69, 9.17) is 5.26 Å². The van der Waals surface area contributed by atoms with E-state index in [9.17, 15) is 18.8 Å². The number of nitriles is 1. The summed E-state index contributed by atoms with van der Waals surface area (Å²) in [7, 11) is 0. The Kier molecular flexibility index (Phi) is 6.04. The molecule has 2 N–H and O–H groups in total. The number of nitrogens with one attached hydrogen (secondary N) is 2. The van der Waals surface area contributed by atoms with Gasteiger partial charge in [-0.25, -0.2) is 4.39 Å². The number of hydrogen-bond acceptors (Lipinski definition) is 5. The van der Waals surface area contributed by atoms with Crippen molar-refractivity contribution in [1.29, 1.82) is 5.26 Å². The highest BCUT2D eigenvalue weighted by Gasteiger charge is 2.52. The molecule has 32 heavy (non-hydrogen) atoms. The molecular weight excluding hydrogens is 411 g/mol. The predicted octanol–water partition coefficient (Wildman–Crippen LogP) is 2.97. The maximum Gasteiger partial charge on any atom is 0.237 e. The topological polar surface area (TPSA) is 102 Å². The maximum atomic E-state index is 13.6. The number of benzene rings is 1. The standard InChI is InChI=1S/C24H29FN4O3/c1-16(30)17-2-4-19(5-3-17)28-22(32)23-6-9-24(10-7-23,11-8-23)27-14-21(31)29-15-18(25)12-20(29)13-26/h2-5,18,20,27H,6-12,14-15H2,1H3,(H,28,32). The molecule has 0 spiro atoms. The molecule has 1 saturated heterocycles. The number of anilines is 1.